The Morgan fingerprint density at radius 1 is 1.26 bits per heavy atom. The van der Waals surface area contributed by atoms with Gasteiger partial charge in [0.25, 0.3) is 0 Å². The first-order valence-electron chi connectivity index (χ1n) is 9.36. The first kappa shape index (κ1) is 19.6. The number of aliphatic hydroxyl groups is 1. The minimum Gasteiger partial charge on any atom is -0.396 e. The first-order chi connectivity index (χ1) is 13.2. The van der Waals surface area contributed by atoms with Crippen LogP contribution in [-0.4, -0.2) is 39.5 Å². The molecule has 1 amide bonds. The molecule has 1 heterocycles. The number of fused-ring (bicyclic) bond motifs is 1. The second-order valence-electron chi connectivity index (χ2n) is 6.58. The molecule has 0 aliphatic heterocycles. The molecule has 6 nitrogen and oxygen atoms in total. The van der Waals surface area contributed by atoms with E-state index in [1.54, 1.807) is 4.57 Å². The summed E-state index contributed by atoms with van der Waals surface area (Å²) < 4.78 is 1.68. The Bertz CT molecular complexity index is 836. The molecular formula is C20H25N3O3S. The van der Waals surface area contributed by atoms with Crippen LogP contribution in [0.25, 0.3) is 0 Å². The maximum atomic E-state index is 12.3. The van der Waals surface area contributed by atoms with Gasteiger partial charge in [0.15, 0.2) is 0 Å². The van der Waals surface area contributed by atoms with Crippen LogP contribution in [0.3, 0.4) is 0 Å². The first-order valence-corrected chi connectivity index (χ1v) is 10.3. The third-order valence-electron chi connectivity index (χ3n) is 4.66. The Kier molecular flexibility index (Phi) is 7.06. The van der Waals surface area contributed by atoms with E-state index in [2.05, 4.69) is 10.3 Å². The average molecular weight is 388 g/mol. The summed E-state index contributed by atoms with van der Waals surface area (Å²) in [5, 5.41) is 12.6. The standard InChI is InChI=1S/C20H25N3O3S/c24-13-5-12-23-17-9-4-8-16(17)19(22-20(23)26)27-14-18(25)21-11-10-15-6-2-1-3-7-15/h1-3,6-7,24H,4-5,8-14H2,(H,21,25). The van der Waals surface area contributed by atoms with Gasteiger partial charge in [-0.3, -0.25) is 9.36 Å². The molecule has 2 aromatic rings. The third kappa shape index (κ3) is 5.20. The number of nitrogens with zero attached hydrogens (tertiary/aromatic N) is 2. The lowest BCUT2D eigenvalue weighted by atomic mass is 10.1. The van der Waals surface area contributed by atoms with Crippen molar-refractivity contribution in [1.29, 1.82) is 0 Å². The highest BCUT2D eigenvalue weighted by Crippen LogP contribution is 2.29. The lowest BCUT2D eigenvalue weighted by molar-refractivity contribution is -0.118. The van der Waals surface area contributed by atoms with Crippen molar-refractivity contribution in [3.63, 3.8) is 0 Å². The summed E-state index contributed by atoms with van der Waals surface area (Å²) in [6.07, 6.45) is 4.08. The second kappa shape index (κ2) is 9.71. The highest BCUT2D eigenvalue weighted by atomic mass is 32.2. The maximum absolute atomic E-state index is 12.3. The van der Waals surface area contributed by atoms with Crippen molar-refractivity contribution in [3.8, 4) is 0 Å². The lowest BCUT2D eigenvalue weighted by Crippen LogP contribution is -2.29. The van der Waals surface area contributed by atoms with Crippen molar-refractivity contribution < 1.29 is 9.90 Å². The molecule has 144 valence electrons. The predicted molar refractivity (Wildman–Crippen MR) is 106 cm³/mol. The number of amides is 1. The SMILES string of the molecule is O=C(CSc1nc(=O)n(CCCO)c2c1CCC2)NCCc1ccccc1. The van der Waals surface area contributed by atoms with Crippen LogP contribution in [-0.2, 0) is 30.6 Å². The number of hydrogen-bond acceptors (Lipinski definition) is 5. The molecule has 1 aromatic carbocycles. The molecule has 2 N–H and O–H groups in total. The number of hydrogen-bond donors (Lipinski definition) is 2. The Labute approximate surface area is 163 Å². The van der Waals surface area contributed by atoms with Crippen LogP contribution in [0.1, 0.15) is 29.7 Å². The molecule has 0 bridgehead atoms. The van der Waals surface area contributed by atoms with Crippen LogP contribution >= 0.6 is 11.8 Å². The minimum atomic E-state index is -0.281. The van der Waals surface area contributed by atoms with Crippen LogP contribution in [0, 0.1) is 0 Å². The summed E-state index contributed by atoms with van der Waals surface area (Å²) in [6.45, 7) is 1.15. The number of aliphatic hydroxyl groups excluding tert-OH is 1. The van der Waals surface area contributed by atoms with Gasteiger partial charge in [-0.1, -0.05) is 42.1 Å². The van der Waals surface area contributed by atoms with Gasteiger partial charge >= 0.3 is 5.69 Å². The Morgan fingerprint density at radius 3 is 2.85 bits per heavy atom. The van der Waals surface area contributed by atoms with Crippen LogP contribution in [0.15, 0.2) is 40.2 Å². The zero-order chi connectivity index (χ0) is 19.1. The van der Waals surface area contributed by atoms with Gasteiger partial charge in [-0.2, -0.15) is 4.98 Å². The van der Waals surface area contributed by atoms with E-state index in [0.717, 1.165) is 36.9 Å². The number of aromatic nitrogens is 2. The van der Waals surface area contributed by atoms with Gasteiger partial charge in [0.1, 0.15) is 5.03 Å². The van der Waals surface area contributed by atoms with Gasteiger partial charge in [0.2, 0.25) is 5.91 Å². The normalized spacial score (nSPS) is 12.8. The zero-order valence-corrected chi connectivity index (χ0v) is 16.1. The second-order valence-corrected chi connectivity index (χ2v) is 7.55. The largest absolute Gasteiger partial charge is 0.396 e. The number of carbonyl (C=O) groups is 1. The molecule has 0 fully saturated rings. The summed E-state index contributed by atoms with van der Waals surface area (Å²) in [7, 11) is 0. The highest BCUT2D eigenvalue weighted by molar-refractivity contribution is 7.99. The van der Waals surface area contributed by atoms with Gasteiger partial charge in [-0.05, 0) is 37.7 Å². The molecule has 7 heteroatoms. The Balaban J connectivity index is 1.56. The van der Waals surface area contributed by atoms with Crippen LogP contribution in [0.5, 0.6) is 0 Å². The zero-order valence-electron chi connectivity index (χ0n) is 15.3. The van der Waals surface area contributed by atoms with Gasteiger partial charge in [-0.15, -0.1) is 0 Å². The number of benzene rings is 1. The van der Waals surface area contributed by atoms with Crippen molar-refractivity contribution in [3.05, 3.63) is 57.6 Å². The Hall–Kier alpha value is -2.12. The van der Waals surface area contributed by atoms with Crippen molar-refractivity contribution in [1.82, 2.24) is 14.9 Å². The molecule has 0 saturated carbocycles. The molecule has 3 rings (SSSR count). The topological polar surface area (TPSA) is 84.2 Å². The molecule has 0 unspecified atom stereocenters. The summed E-state index contributed by atoms with van der Waals surface area (Å²) >= 11 is 1.34. The van der Waals surface area contributed by atoms with E-state index in [-0.39, 0.29) is 24.0 Å². The third-order valence-corrected chi connectivity index (χ3v) is 5.68. The van der Waals surface area contributed by atoms with Gasteiger partial charge in [0, 0.05) is 31.0 Å². The fraction of sp³-hybridized carbons (Fsp3) is 0.450. The van der Waals surface area contributed by atoms with Crippen LogP contribution in [0.4, 0.5) is 0 Å². The number of rotatable bonds is 9. The van der Waals surface area contributed by atoms with E-state index in [0.29, 0.717) is 24.5 Å². The highest BCUT2D eigenvalue weighted by Gasteiger charge is 2.22. The molecule has 1 aromatic heterocycles. The quantitative estimate of drug-likeness (QED) is 0.504. The van der Waals surface area contributed by atoms with E-state index < -0.39 is 0 Å². The molecule has 0 atom stereocenters. The summed E-state index contributed by atoms with van der Waals surface area (Å²) in [5.74, 6) is 0.211. The Morgan fingerprint density at radius 2 is 2.07 bits per heavy atom. The van der Waals surface area contributed by atoms with E-state index >= 15 is 0 Å². The molecule has 0 radical (unpaired) electrons. The molecule has 27 heavy (non-hydrogen) atoms. The average Bonchev–Trinajstić information content (AvgIpc) is 3.16. The van der Waals surface area contributed by atoms with Crippen LogP contribution in [0.2, 0.25) is 0 Å². The summed E-state index contributed by atoms with van der Waals surface area (Å²) in [5.41, 5.74) is 3.03. The lowest BCUT2D eigenvalue weighted by Gasteiger charge is -2.13. The van der Waals surface area contributed by atoms with Gasteiger partial charge < -0.3 is 10.4 Å². The van der Waals surface area contributed by atoms with Gasteiger partial charge in [-0.25, -0.2) is 4.79 Å². The molecule has 0 spiro atoms. The van der Waals surface area contributed by atoms with Crippen molar-refractivity contribution >= 4 is 17.7 Å². The minimum absolute atomic E-state index is 0.0473. The van der Waals surface area contributed by atoms with Crippen LogP contribution < -0.4 is 11.0 Å². The molecule has 0 saturated heterocycles. The molecular weight excluding hydrogens is 362 g/mol. The monoisotopic (exact) mass is 387 g/mol. The van der Waals surface area contributed by atoms with Crippen molar-refractivity contribution in [2.75, 3.05) is 18.9 Å². The van der Waals surface area contributed by atoms with E-state index in [1.807, 2.05) is 30.3 Å². The number of carbonyl (C=O) groups excluding carboxylic acids is 1. The van der Waals surface area contributed by atoms with Crippen molar-refractivity contribution in [2.24, 2.45) is 0 Å². The maximum Gasteiger partial charge on any atom is 0.348 e. The van der Waals surface area contributed by atoms with Gasteiger partial charge in [0.05, 0.1) is 5.75 Å². The predicted octanol–water partition coefficient (Wildman–Crippen LogP) is 1.57. The summed E-state index contributed by atoms with van der Waals surface area (Å²) in [6, 6.07) is 10.0. The number of thioether (sulfide) groups is 1. The van der Waals surface area contributed by atoms with Crippen molar-refractivity contribution in [2.45, 2.75) is 43.7 Å². The molecule has 1 aliphatic rings. The smallest absolute Gasteiger partial charge is 0.348 e. The summed E-state index contributed by atoms with van der Waals surface area (Å²) in [4.78, 5) is 28.7. The van der Waals surface area contributed by atoms with E-state index in [4.69, 9.17) is 5.11 Å². The van der Waals surface area contributed by atoms with E-state index in [1.165, 1.54) is 17.3 Å². The molecule has 1 aliphatic carbocycles. The fourth-order valence-corrected chi connectivity index (χ4v) is 4.25. The van der Waals surface area contributed by atoms with E-state index in [9.17, 15) is 9.59 Å². The number of nitrogens with one attached hydrogen (secondary N) is 1. The fourth-order valence-electron chi connectivity index (χ4n) is 3.34.